The Morgan fingerprint density at radius 1 is 1.53 bits per heavy atom. The summed E-state index contributed by atoms with van der Waals surface area (Å²) in [6.07, 6.45) is 0. The molecule has 0 aliphatic rings. The summed E-state index contributed by atoms with van der Waals surface area (Å²) in [6, 6.07) is 2.70. The Bertz CT molecular complexity index is 340. The second-order valence-corrected chi connectivity index (χ2v) is 3.14. The van der Waals surface area contributed by atoms with Crippen LogP contribution in [0.25, 0.3) is 0 Å². The van der Waals surface area contributed by atoms with Crippen molar-refractivity contribution in [2.45, 2.75) is 6.04 Å². The average molecular weight is 254 g/mol. The maximum absolute atomic E-state index is 12.9. The Balaban J connectivity index is 0.00000196. The van der Waals surface area contributed by atoms with Gasteiger partial charge in [0.2, 0.25) is 0 Å². The Hall–Kier alpha value is -0.840. The molecular formula is C9H10Cl2FNO2. The van der Waals surface area contributed by atoms with Crippen molar-refractivity contribution in [3.8, 4) is 0 Å². The number of nitrogens with two attached hydrogens (primary N) is 1. The molecule has 0 unspecified atom stereocenters. The molecular weight excluding hydrogens is 244 g/mol. The minimum atomic E-state index is -1.01. The van der Waals surface area contributed by atoms with Gasteiger partial charge in [0.25, 0.3) is 0 Å². The van der Waals surface area contributed by atoms with Gasteiger partial charge in [0.1, 0.15) is 11.9 Å². The number of ether oxygens (including phenoxy) is 1. The van der Waals surface area contributed by atoms with Gasteiger partial charge in [-0.3, -0.25) is 4.79 Å². The fraction of sp³-hybridized carbons (Fsp3) is 0.222. The molecule has 0 aliphatic carbocycles. The second-order valence-electron chi connectivity index (χ2n) is 2.70. The number of rotatable bonds is 2. The molecule has 0 saturated carbocycles. The van der Waals surface area contributed by atoms with Gasteiger partial charge >= 0.3 is 5.97 Å². The van der Waals surface area contributed by atoms with Crippen LogP contribution in [0.15, 0.2) is 18.2 Å². The van der Waals surface area contributed by atoms with E-state index in [4.69, 9.17) is 17.3 Å². The van der Waals surface area contributed by atoms with Crippen molar-refractivity contribution < 1.29 is 13.9 Å². The molecule has 1 aromatic carbocycles. The van der Waals surface area contributed by atoms with Crippen LogP contribution in [-0.2, 0) is 9.53 Å². The van der Waals surface area contributed by atoms with E-state index in [9.17, 15) is 9.18 Å². The molecule has 0 bridgehead atoms. The fourth-order valence-corrected chi connectivity index (χ4v) is 1.25. The first-order chi connectivity index (χ1) is 6.54. The summed E-state index contributed by atoms with van der Waals surface area (Å²) in [5.41, 5.74) is 5.78. The standard InChI is InChI=1S/C9H9ClFNO2.ClH/c1-14-9(13)8(12)5-2-6(10)4-7(11)3-5;/h2-4,8H,12H2,1H3;1H/t8-;/m1./s1. The number of hydrogen-bond acceptors (Lipinski definition) is 3. The van der Waals surface area contributed by atoms with Gasteiger partial charge in [-0.05, 0) is 23.8 Å². The van der Waals surface area contributed by atoms with E-state index in [0.717, 1.165) is 12.1 Å². The number of carbonyl (C=O) groups excluding carboxylic acids is 1. The van der Waals surface area contributed by atoms with Crippen LogP contribution in [0.2, 0.25) is 5.02 Å². The SMILES string of the molecule is COC(=O)[C@H](N)c1cc(F)cc(Cl)c1.Cl. The lowest BCUT2D eigenvalue weighted by molar-refractivity contribution is -0.142. The van der Waals surface area contributed by atoms with E-state index in [1.807, 2.05) is 0 Å². The monoisotopic (exact) mass is 253 g/mol. The molecule has 84 valence electrons. The quantitative estimate of drug-likeness (QED) is 0.822. The highest BCUT2D eigenvalue weighted by molar-refractivity contribution is 6.30. The first kappa shape index (κ1) is 14.2. The van der Waals surface area contributed by atoms with E-state index in [1.54, 1.807) is 0 Å². The smallest absolute Gasteiger partial charge is 0.327 e. The van der Waals surface area contributed by atoms with Crippen molar-refractivity contribution in [3.63, 3.8) is 0 Å². The molecule has 1 aromatic rings. The van der Waals surface area contributed by atoms with Crippen molar-refractivity contribution in [1.29, 1.82) is 0 Å². The third-order valence-corrected chi connectivity index (χ3v) is 1.92. The van der Waals surface area contributed by atoms with Crippen LogP contribution in [0.1, 0.15) is 11.6 Å². The summed E-state index contributed by atoms with van der Waals surface area (Å²) in [6.45, 7) is 0. The average Bonchev–Trinajstić information content (AvgIpc) is 2.14. The van der Waals surface area contributed by atoms with Crippen LogP contribution in [0, 0.1) is 5.82 Å². The molecule has 0 heterocycles. The van der Waals surface area contributed by atoms with Crippen LogP contribution < -0.4 is 5.73 Å². The van der Waals surface area contributed by atoms with Crippen molar-refractivity contribution in [2.24, 2.45) is 5.73 Å². The van der Waals surface area contributed by atoms with Crippen LogP contribution in [0.4, 0.5) is 4.39 Å². The molecule has 0 amide bonds. The predicted molar refractivity (Wildman–Crippen MR) is 57.6 cm³/mol. The highest BCUT2D eigenvalue weighted by atomic mass is 35.5. The number of carbonyl (C=O) groups is 1. The lowest BCUT2D eigenvalue weighted by atomic mass is 10.1. The molecule has 1 rings (SSSR count). The molecule has 1 atom stereocenters. The minimum absolute atomic E-state index is 0. The summed E-state index contributed by atoms with van der Waals surface area (Å²) in [5.74, 6) is -1.17. The molecule has 15 heavy (non-hydrogen) atoms. The summed E-state index contributed by atoms with van der Waals surface area (Å²) in [7, 11) is 1.21. The largest absolute Gasteiger partial charge is 0.468 e. The second kappa shape index (κ2) is 5.90. The number of halogens is 3. The van der Waals surface area contributed by atoms with Crippen LogP contribution in [0.5, 0.6) is 0 Å². The lowest BCUT2D eigenvalue weighted by Gasteiger charge is -2.09. The summed E-state index contributed by atoms with van der Waals surface area (Å²) in [4.78, 5) is 11.0. The molecule has 3 nitrogen and oxygen atoms in total. The Kier molecular flexibility index (Phi) is 5.57. The van der Waals surface area contributed by atoms with Crippen molar-refractivity contribution >= 4 is 30.0 Å². The Morgan fingerprint density at radius 3 is 2.60 bits per heavy atom. The molecule has 0 aliphatic heterocycles. The molecule has 0 saturated heterocycles. The van der Waals surface area contributed by atoms with Crippen molar-refractivity contribution in [2.75, 3.05) is 7.11 Å². The molecule has 0 spiro atoms. The molecule has 0 aromatic heterocycles. The van der Waals surface area contributed by atoms with Crippen molar-refractivity contribution in [1.82, 2.24) is 0 Å². The summed E-state index contributed by atoms with van der Waals surface area (Å²) in [5, 5.41) is 0.194. The first-order valence-corrected chi connectivity index (χ1v) is 4.22. The predicted octanol–water partition coefficient (Wildman–Crippen LogP) is 2.07. The summed E-state index contributed by atoms with van der Waals surface area (Å²) >= 11 is 5.59. The van der Waals surface area contributed by atoms with E-state index in [0.29, 0.717) is 5.56 Å². The third-order valence-electron chi connectivity index (χ3n) is 1.70. The van der Waals surface area contributed by atoms with E-state index in [1.165, 1.54) is 13.2 Å². The lowest BCUT2D eigenvalue weighted by Crippen LogP contribution is -2.22. The molecule has 0 fully saturated rings. The van der Waals surface area contributed by atoms with Gasteiger partial charge in [0.05, 0.1) is 7.11 Å². The van der Waals surface area contributed by atoms with E-state index < -0.39 is 17.8 Å². The minimum Gasteiger partial charge on any atom is -0.468 e. The number of hydrogen-bond donors (Lipinski definition) is 1. The highest BCUT2D eigenvalue weighted by Gasteiger charge is 2.17. The highest BCUT2D eigenvalue weighted by Crippen LogP contribution is 2.19. The van der Waals surface area contributed by atoms with Gasteiger partial charge < -0.3 is 10.5 Å². The first-order valence-electron chi connectivity index (χ1n) is 3.84. The zero-order valence-corrected chi connectivity index (χ0v) is 9.44. The Labute approximate surface area is 97.8 Å². The number of esters is 1. The van der Waals surface area contributed by atoms with Crippen molar-refractivity contribution in [3.05, 3.63) is 34.6 Å². The zero-order chi connectivity index (χ0) is 10.7. The number of methoxy groups -OCH3 is 1. The van der Waals surface area contributed by atoms with E-state index in [2.05, 4.69) is 4.74 Å². The maximum atomic E-state index is 12.9. The van der Waals surface area contributed by atoms with E-state index in [-0.39, 0.29) is 17.4 Å². The van der Waals surface area contributed by atoms with Crippen LogP contribution in [-0.4, -0.2) is 13.1 Å². The fourth-order valence-electron chi connectivity index (χ4n) is 1.02. The van der Waals surface area contributed by atoms with Gasteiger partial charge in [0.15, 0.2) is 0 Å². The van der Waals surface area contributed by atoms with E-state index >= 15 is 0 Å². The van der Waals surface area contributed by atoms with Gasteiger partial charge in [-0.25, -0.2) is 4.39 Å². The van der Waals surface area contributed by atoms with Crippen LogP contribution in [0.3, 0.4) is 0 Å². The summed E-state index contributed by atoms with van der Waals surface area (Å²) < 4.78 is 17.3. The number of benzene rings is 1. The van der Waals surface area contributed by atoms with Gasteiger partial charge in [-0.1, -0.05) is 11.6 Å². The normalized spacial score (nSPS) is 11.5. The van der Waals surface area contributed by atoms with Gasteiger partial charge in [-0.15, -0.1) is 12.4 Å². The van der Waals surface area contributed by atoms with Gasteiger partial charge in [0, 0.05) is 5.02 Å². The Morgan fingerprint density at radius 2 is 2.13 bits per heavy atom. The van der Waals surface area contributed by atoms with Gasteiger partial charge in [-0.2, -0.15) is 0 Å². The topological polar surface area (TPSA) is 52.3 Å². The molecule has 0 radical (unpaired) electrons. The van der Waals surface area contributed by atoms with Crippen LogP contribution >= 0.6 is 24.0 Å². The molecule has 2 N–H and O–H groups in total. The zero-order valence-electron chi connectivity index (χ0n) is 7.87. The maximum Gasteiger partial charge on any atom is 0.327 e. The third kappa shape index (κ3) is 3.66. The molecule has 6 heteroatoms.